The molecule has 3 heterocycles. The lowest BCUT2D eigenvalue weighted by atomic mass is 9.89. The average molecular weight is 476 g/mol. The molecule has 8 nitrogen and oxygen atoms in total. The molecule has 0 bridgehead atoms. The second-order valence-corrected chi connectivity index (χ2v) is 11.7. The molecule has 0 saturated carbocycles. The number of nitrogens with one attached hydrogen (secondary N) is 1. The summed E-state index contributed by atoms with van der Waals surface area (Å²) in [5.41, 5.74) is 9.66. The van der Waals surface area contributed by atoms with E-state index in [1.165, 1.54) is 0 Å². The van der Waals surface area contributed by atoms with Crippen LogP contribution in [0.4, 0.5) is 0 Å². The van der Waals surface area contributed by atoms with Crippen LogP contribution in [0.2, 0.25) is 0 Å². The van der Waals surface area contributed by atoms with Crippen molar-refractivity contribution in [2.45, 2.75) is 32.2 Å². The highest BCUT2D eigenvalue weighted by Crippen LogP contribution is 2.37. The van der Waals surface area contributed by atoms with Crippen LogP contribution in [0.3, 0.4) is 0 Å². The van der Waals surface area contributed by atoms with E-state index in [2.05, 4.69) is 16.0 Å². The van der Waals surface area contributed by atoms with Gasteiger partial charge in [-0.05, 0) is 57.5 Å². The Hall–Kier alpha value is -2.27. The summed E-state index contributed by atoms with van der Waals surface area (Å²) in [6.07, 6.45) is 3.42. The molecule has 0 atom stereocenters. The first-order valence-electron chi connectivity index (χ1n) is 10.7. The van der Waals surface area contributed by atoms with Gasteiger partial charge in [-0.15, -0.1) is 11.3 Å². The van der Waals surface area contributed by atoms with Crippen LogP contribution in [-0.2, 0) is 16.6 Å². The summed E-state index contributed by atoms with van der Waals surface area (Å²) in [4.78, 5) is 22.3. The van der Waals surface area contributed by atoms with Gasteiger partial charge in [-0.1, -0.05) is 0 Å². The van der Waals surface area contributed by atoms with Gasteiger partial charge in [0, 0.05) is 42.2 Å². The van der Waals surface area contributed by atoms with Gasteiger partial charge in [-0.3, -0.25) is 4.79 Å². The molecule has 1 fully saturated rings. The zero-order valence-electron chi connectivity index (χ0n) is 18.6. The number of sulfonamides is 1. The maximum absolute atomic E-state index is 12.2. The molecule has 0 aliphatic carbocycles. The van der Waals surface area contributed by atoms with E-state index in [1.807, 2.05) is 25.7 Å². The molecule has 0 radical (unpaired) electrons. The fraction of sp³-hybridized carbons (Fsp3) is 0.455. The summed E-state index contributed by atoms with van der Waals surface area (Å²) < 4.78 is 26.0. The van der Waals surface area contributed by atoms with Crippen LogP contribution < -0.4 is 5.73 Å². The maximum atomic E-state index is 12.2. The normalized spacial score (nSPS) is 16.2. The van der Waals surface area contributed by atoms with Crippen molar-refractivity contribution in [2.24, 2.45) is 5.73 Å². The zero-order valence-corrected chi connectivity index (χ0v) is 20.2. The number of piperidine rings is 1. The van der Waals surface area contributed by atoms with Crippen LogP contribution in [0.15, 0.2) is 23.7 Å². The van der Waals surface area contributed by atoms with Gasteiger partial charge in [-0.2, -0.15) is 0 Å². The van der Waals surface area contributed by atoms with Crippen molar-refractivity contribution < 1.29 is 13.2 Å². The molecule has 1 amide bonds. The number of primary amides is 1. The molecule has 0 unspecified atom stereocenters. The van der Waals surface area contributed by atoms with Gasteiger partial charge < -0.3 is 15.6 Å². The van der Waals surface area contributed by atoms with Crippen molar-refractivity contribution in [2.75, 3.05) is 32.9 Å². The van der Waals surface area contributed by atoms with E-state index in [9.17, 15) is 13.2 Å². The number of rotatable bonds is 7. The zero-order chi connectivity index (χ0) is 23.0. The fourth-order valence-corrected chi connectivity index (χ4v) is 6.40. The van der Waals surface area contributed by atoms with Gasteiger partial charge in [-0.25, -0.2) is 17.7 Å². The van der Waals surface area contributed by atoms with Gasteiger partial charge in [0.2, 0.25) is 10.0 Å². The number of carbonyl (C=O) groups excluding carboxylic acids is 1. The molecule has 3 aromatic rings. The second kappa shape index (κ2) is 8.93. The Labute approximate surface area is 192 Å². The lowest BCUT2D eigenvalue weighted by Crippen LogP contribution is -2.38. The van der Waals surface area contributed by atoms with E-state index in [0.717, 1.165) is 52.1 Å². The number of amides is 1. The Morgan fingerprint density at radius 1 is 1.31 bits per heavy atom. The van der Waals surface area contributed by atoms with Crippen LogP contribution in [0.1, 0.15) is 46.6 Å². The van der Waals surface area contributed by atoms with Gasteiger partial charge in [0.15, 0.2) is 0 Å². The Morgan fingerprint density at radius 3 is 2.66 bits per heavy atom. The molecular formula is C22H29N5O3S2. The predicted octanol–water partition coefficient (Wildman–Crippen LogP) is 2.98. The summed E-state index contributed by atoms with van der Waals surface area (Å²) in [6, 6.07) is 3.87. The molecule has 10 heteroatoms. The molecule has 1 aliphatic heterocycles. The molecule has 4 rings (SSSR count). The van der Waals surface area contributed by atoms with Crippen LogP contribution >= 0.6 is 11.3 Å². The monoisotopic (exact) mass is 475 g/mol. The largest absolute Gasteiger partial charge is 0.366 e. The number of fused-ring (bicyclic) bond motifs is 1. The van der Waals surface area contributed by atoms with Crippen molar-refractivity contribution in [3.05, 3.63) is 39.8 Å². The minimum Gasteiger partial charge on any atom is -0.366 e. The lowest BCUT2D eigenvalue weighted by molar-refractivity contribution is 0.100. The Bertz CT molecular complexity index is 1240. The highest BCUT2D eigenvalue weighted by molar-refractivity contribution is 7.89. The Balaban J connectivity index is 1.70. The molecule has 0 spiro atoms. The molecule has 2 aromatic heterocycles. The summed E-state index contributed by atoms with van der Waals surface area (Å²) in [5.74, 6) is -0.153. The van der Waals surface area contributed by atoms with Gasteiger partial charge in [0.25, 0.3) is 5.91 Å². The standard InChI is InChI=1S/C22H29N5O3S2/c1-4-32(29,30)27-7-5-14(6-8-27)18-11-24-21-16(18)9-15(10-17(21)22(23)28)19-13-31-20(25-19)12-26(2)3/h9-11,13-14,24H,4-8,12H2,1-3H3,(H2,23,28). The first-order chi connectivity index (χ1) is 15.2. The molecule has 1 aliphatic rings. The van der Waals surface area contributed by atoms with E-state index in [4.69, 9.17) is 10.7 Å². The predicted molar refractivity (Wildman–Crippen MR) is 128 cm³/mol. The summed E-state index contributed by atoms with van der Waals surface area (Å²) >= 11 is 1.59. The quantitative estimate of drug-likeness (QED) is 0.546. The number of nitrogens with two attached hydrogens (primary N) is 1. The SMILES string of the molecule is CCS(=O)(=O)N1CCC(c2c[nH]c3c(C(N)=O)cc(-c4csc(CN(C)C)n4)cc23)CC1. The highest BCUT2D eigenvalue weighted by atomic mass is 32.2. The highest BCUT2D eigenvalue weighted by Gasteiger charge is 2.29. The number of hydrogen-bond acceptors (Lipinski definition) is 6. The number of aromatic amines is 1. The Kier molecular flexibility index (Phi) is 6.39. The van der Waals surface area contributed by atoms with Crippen molar-refractivity contribution in [1.29, 1.82) is 0 Å². The number of benzene rings is 1. The molecule has 32 heavy (non-hydrogen) atoms. The molecule has 1 aromatic carbocycles. The van der Waals surface area contributed by atoms with E-state index in [1.54, 1.807) is 28.6 Å². The summed E-state index contributed by atoms with van der Waals surface area (Å²) in [7, 11) is 0.834. The van der Waals surface area contributed by atoms with Crippen molar-refractivity contribution >= 4 is 38.2 Å². The van der Waals surface area contributed by atoms with E-state index in [0.29, 0.717) is 18.7 Å². The molecule has 172 valence electrons. The third kappa shape index (κ3) is 4.45. The van der Waals surface area contributed by atoms with Crippen molar-refractivity contribution in [3.63, 3.8) is 0 Å². The van der Waals surface area contributed by atoms with Gasteiger partial charge in [0.05, 0.1) is 22.5 Å². The van der Waals surface area contributed by atoms with E-state index < -0.39 is 15.9 Å². The maximum Gasteiger partial charge on any atom is 0.250 e. The number of carbonyl (C=O) groups is 1. The second-order valence-electron chi connectivity index (χ2n) is 8.49. The molecular weight excluding hydrogens is 446 g/mol. The van der Waals surface area contributed by atoms with E-state index >= 15 is 0 Å². The number of H-pyrrole nitrogens is 1. The topological polar surface area (TPSA) is 112 Å². The average Bonchev–Trinajstić information content (AvgIpc) is 3.39. The minimum absolute atomic E-state index is 0.125. The fourth-order valence-electron chi connectivity index (χ4n) is 4.35. The van der Waals surface area contributed by atoms with Gasteiger partial charge in [0.1, 0.15) is 5.01 Å². The number of hydrogen-bond donors (Lipinski definition) is 2. The lowest BCUT2D eigenvalue weighted by Gasteiger charge is -2.31. The first-order valence-corrected chi connectivity index (χ1v) is 13.2. The first kappa shape index (κ1) is 22.9. The number of thiazole rings is 1. The third-order valence-electron chi connectivity index (χ3n) is 6.04. The van der Waals surface area contributed by atoms with Crippen molar-refractivity contribution in [3.8, 4) is 11.3 Å². The summed E-state index contributed by atoms with van der Waals surface area (Å²) in [6.45, 7) is 3.45. The molecule has 1 saturated heterocycles. The minimum atomic E-state index is -3.17. The smallest absolute Gasteiger partial charge is 0.250 e. The van der Waals surface area contributed by atoms with Crippen LogP contribution in [0.5, 0.6) is 0 Å². The van der Waals surface area contributed by atoms with Crippen LogP contribution in [0, 0.1) is 0 Å². The number of nitrogens with zero attached hydrogens (tertiary/aromatic N) is 3. The number of aromatic nitrogens is 2. The van der Waals surface area contributed by atoms with E-state index in [-0.39, 0.29) is 11.7 Å². The summed E-state index contributed by atoms with van der Waals surface area (Å²) in [5, 5.41) is 3.96. The van der Waals surface area contributed by atoms with Crippen molar-refractivity contribution in [1.82, 2.24) is 19.2 Å². The van der Waals surface area contributed by atoms with Crippen LogP contribution in [0.25, 0.3) is 22.2 Å². The Morgan fingerprint density at radius 2 is 2.03 bits per heavy atom. The third-order valence-corrected chi connectivity index (χ3v) is 8.75. The van der Waals surface area contributed by atoms with Gasteiger partial charge >= 0.3 is 0 Å². The van der Waals surface area contributed by atoms with Crippen LogP contribution in [-0.4, -0.2) is 66.4 Å². The molecule has 3 N–H and O–H groups in total.